The number of piperidine rings is 1. The Hall–Kier alpha value is -1.04. The second-order valence-electron chi connectivity index (χ2n) is 4.51. The van der Waals surface area contributed by atoms with Crippen molar-refractivity contribution in [2.75, 3.05) is 13.1 Å². The number of amides is 1. The number of benzene rings is 1. The van der Waals surface area contributed by atoms with Crippen molar-refractivity contribution in [1.29, 1.82) is 0 Å². The van der Waals surface area contributed by atoms with Gasteiger partial charge in [-0.2, -0.15) is 13.2 Å². The highest BCUT2D eigenvalue weighted by Gasteiger charge is 2.37. The number of hydrogen-bond donors (Lipinski definition) is 0. The molecule has 1 aromatic rings. The SMILES string of the molecule is O=C(c1c(Br)cccc1C(F)(F)F)N1CCCCC1. The monoisotopic (exact) mass is 335 g/mol. The van der Waals surface area contributed by atoms with Gasteiger partial charge < -0.3 is 4.90 Å². The molecule has 0 aliphatic carbocycles. The zero-order chi connectivity index (χ0) is 14.0. The van der Waals surface area contributed by atoms with Crippen LogP contribution in [0.25, 0.3) is 0 Å². The van der Waals surface area contributed by atoms with E-state index < -0.39 is 17.6 Å². The lowest BCUT2D eigenvalue weighted by molar-refractivity contribution is -0.138. The number of alkyl halides is 3. The molecular weight excluding hydrogens is 323 g/mol. The van der Waals surface area contributed by atoms with Gasteiger partial charge in [0.1, 0.15) is 0 Å². The molecule has 1 heterocycles. The molecule has 0 aromatic heterocycles. The molecule has 2 rings (SSSR count). The van der Waals surface area contributed by atoms with Crippen molar-refractivity contribution in [2.24, 2.45) is 0 Å². The summed E-state index contributed by atoms with van der Waals surface area (Å²) < 4.78 is 39.1. The molecule has 0 radical (unpaired) electrons. The topological polar surface area (TPSA) is 20.3 Å². The van der Waals surface area contributed by atoms with E-state index in [0.717, 1.165) is 25.3 Å². The zero-order valence-electron chi connectivity index (χ0n) is 10.1. The van der Waals surface area contributed by atoms with E-state index in [1.165, 1.54) is 17.0 Å². The predicted molar refractivity (Wildman–Crippen MR) is 68.9 cm³/mol. The summed E-state index contributed by atoms with van der Waals surface area (Å²) in [4.78, 5) is 13.8. The molecule has 6 heteroatoms. The van der Waals surface area contributed by atoms with Crippen LogP contribution in [0.3, 0.4) is 0 Å². The van der Waals surface area contributed by atoms with E-state index in [1.54, 1.807) is 0 Å². The molecule has 0 atom stereocenters. The largest absolute Gasteiger partial charge is 0.417 e. The van der Waals surface area contributed by atoms with Gasteiger partial charge in [0.2, 0.25) is 0 Å². The van der Waals surface area contributed by atoms with Crippen LogP contribution in [-0.4, -0.2) is 23.9 Å². The fourth-order valence-corrected chi connectivity index (χ4v) is 2.77. The lowest BCUT2D eigenvalue weighted by Gasteiger charge is -2.28. The van der Waals surface area contributed by atoms with Crippen molar-refractivity contribution in [2.45, 2.75) is 25.4 Å². The number of nitrogens with zero attached hydrogens (tertiary/aromatic N) is 1. The standard InChI is InChI=1S/C13H13BrF3NO/c14-10-6-4-5-9(13(15,16)17)11(10)12(19)18-7-2-1-3-8-18/h4-6H,1-3,7-8H2. The van der Waals surface area contributed by atoms with Crippen LogP contribution in [0.15, 0.2) is 22.7 Å². The molecule has 1 amide bonds. The van der Waals surface area contributed by atoms with E-state index in [0.29, 0.717) is 13.1 Å². The smallest absolute Gasteiger partial charge is 0.339 e. The minimum absolute atomic E-state index is 0.192. The van der Waals surface area contributed by atoms with Gasteiger partial charge in [-0.05, 0) is 47.3 Å². The van der Waals surface area contributed by atoms with Crippen molar-refractivity contribution >= 4 is 21.8 Å². The minimum atomic E-state index is -4.52. The van der Waals surface area contributed by atoms with Crippen LogP contribution < -0.4 is 0 Å². The van der Waals surface area contributed by atoms with Crippen molar-refractivity contribution in [3.8, 4) is 0 Å². The Balaban J connectivity index is 2.40. The van der Waals surface area contributed by atoms with E-state index in [1.807, 2.05) is 0 Å². The van der Waals surface area contributed by atoms with Crippen molar-refractivity contribution < 1.29 is 18.0 Å². The molecule has 2 nitrogen and oxygen atoms in total. The summed E-state index contributed by atoms with van der Waals surface area (Å²) in [6, 6.07) is 3.70. The highest BCUT2D eigenvalue weighted by atomic mass is 79.9. The molecule has 1 aliphatic rings. The summed E-state index contributed by atoms with van der Waals surface area (Å²) in [5, 5.41) is 0. The predicted octanol–water partition coefficient (Wildman–Crippen LogP) is 4.09. The van der Waals surface area contributed by atoms with Crippen LogP contribution in [0.2, 0.25) is 0 Å². The van der Waals surface area contributed by atoms with Gasteiger partial charge in [0.25, 0.3) is 5.91 Å². The average molecular weight is 336 g/mol. The number of rotatable bonds is 1. The highest BCUT2D eigenvalue weighted by Crippen LogP contribution is 2.36. The second kappa shape index (κ2) is 5.53. The molecule has 19 heavy (non-hydrogen) atoms. The number of carbonyl (C=O) groups excluding carboxylic acids is 1. The maximum atomic E-state index is 13.0. The summed E-state index contributed by atoms with van der Waals surface area (Å²) in [6.45, 7) is 1.05. The van der Waals surface area contributed by atoms with Crippen LogP contribution in [0.1, 0.15) is 35.2 Å². The zero-order valence-corrected chi connectivity index (χ0v) is 11.7. The van der Waals surface area contributed by atoms with Gasteiger partial charge in [-0.15, -0.1) is 0 Å². The Bertz CT molecular complexity index is 481. The molecule has 1 aromatic carbocycles. The molecule has 1 aliphatic heterocycles. The van der Waals surface area contributed by atoms with Crippen LogP contribution in [0, 0.1) is 0 Å². The van der Waals surface area contributed by atoms with E-state index in [9.17, 15) is 18.0 Å². The van der Waals surface area contributed by atoms with Gasteiger partial charge in [0.15, 0.2) is 0 Å². The number of carbonyl (C=O) groups is 1. The van der Waals surface area contributed by atoms with Crippen molar-refractivity contribution in [1.82, 2.24) is 4.90 Å². The van der Waals surface area contributed by atoms with Crippen molar-refractivity contribution in [3.05, 3.63) is 33.8 Å². The molecule has 0 bridgehead atoms. The van der Waals surface area contributed by atoms with E-state index in [-0.39, 0.29) is 10.0 Å². The normalized spacial score (nSPS) is 16.5. The Labute approximate surface area is 117 Å². The van der Waals surface area contributed by atoms with Crippen LogP contribution in [-0.2, 0) is 6.18 Å². The van der Waals surface area contributed by atoms with Gasteiger partial charge >= 0.3 is 6.18 Å². The highest BCUT2D eigenvalue weighted by molar-refractivity contribution is 9.10. The molecule has 1 saturated heterocycles. The third-order valence-corrected chi connectivity index (χ3v) is 3.84. The lowest BCUT2D eigenvalue weighted by atomic mass is 10.0. The average Bonchev–Trinajstić information content (AvgIpc) is 2.37. The fraction of sp³-hybridized carbons (Fsp3) is 0.462. The Kier molecular flexibility index (Phi) is 4.18. The fourth-order valence-electron chi connectivity index (χ4n) is 2.23. The number of halogens is 4. The van der Waals surface area contributed by atoms with Gasteiger partial charge in [-0.1, -0.05) is 6.07 Å². The molecule has 0 spiro atoms. The van der Waals surface area contributed by atoms with E-state index in [2.05, 4.69) is 15.9 Å². The lowest BCUT2D eigenvalue weighted by Crippen LogP contribution is -2.36. The molecule has 104 valence electrons. The first-order valence-corrected chi connectivity index (χ1v) is 6.85. The maximum Gasteiger partial charge on any atom is 0.417 e. The van der Waals surface area contributed by atoms with E-state index >= 15 is 0 Å². The third-order valence-electron chi connectivity index (χ3n) is 3.18. The summed E-state index contributed by atoms with van der Waals surface area (Å²) in [7, 11) is 0. The quantitative estimate of drug-likeness (QED) is 0.756. The van der Waals surface area contributed by atoms with Crippen LogP contribution >= 0.6 is 15.9 Å². The van der Waals surface area contributed by atoms with Crippen molar-refractivity contribution in [3.63, 3.8) is 0 Å². The Morgan fingerprint density at radius 3 is 2.37 bits per heavy atom. The second-order valence-corrected chi connectivity index (χ2v) is 5.37. The van der Waals surface area contributed by atoms with Crippen LogP contribution in [0.4, 0.5) is 13.2 Å². The first-order valence-electron chi connectivity index (χ1n) is 6.06. The van der Waals surface area contributed by atoms with Gasteiger partial charge in [0, 0.05) is 17.6 Å². The first-order chi connectivity index (χ1) is 8.91. The van der Waals surface area contributed by atoms with Gasteiger partial charge in [-0.25, -0.2) is 0 Å². The number of hydrogen-bond acceptors (Lipinski definition) is 1. The Morgan fingerprint density at radius 1 is 1.16 bits per heavy atom. The summed E-state index contributed by atoms with van der Waals surface area (Å²) in [5.41, 5.74) is -1.16. The summed E-state index contributed by atoms with van der Waals surface area (Å²) in [5.74, 6) is -0.542. The van der Waals surface area contributed by atoms with Crippen LogP contribution in [0.5, 0.6) is 0 Å². The first kappa shape index (κ1) is 14.4. The Morgan fingerprint density at radius 2 is 1.79 bits per heavy atom. The third kappa shape index (κ3) is 3.11. The summed E-state index contributed by atoms with van der Waals surface area (Å²) >= 11 is 3.06. The molecule has 1 fully saturated rings. The minimum Gasteiger partial charge on any atom is -0.339 e. The maximum absolute atomic E-state index is 13.0. The molecule has 0 N–H and O–H groups in total. The molecule has 0 unspecified atom stereocenters. The van der Waals surface area contributed by atoms with E-state index in [4.69, 9.17) is 0 Å². The number of likely N-dealkylation sites (tertiary alicyclic amines) is 1. The summed E-state index contributed by atoms with van der Waals surface area (Å²) in [6.07, 6.45) is -1.81. The van der Waals surface area contributed by atoms with Gasteiger partial charge in [0.05, 0.1) is 11.1 Å². The molecular formula is C13H13BrF3NO. The molecule has 0 saturated carbocycles. The van der Waals surface area contributed by atoms with Gasteiger partial charge in [-0.3, -0.25) is 4.79 Å².